The third-order valence-electron chi connectivity index (χ3n) is 2.94. The van der Waals surface area contributed by atoms with Gasteiger partial charge < -0.3 is 15.9 Å². The molecule has 2 rings (SSSR count). The molecule has 3 atom stereocenters. The van der Waals surface area contributed by atoms with E-state index < -0.39 is 11.9 Å². The van der Waals surface area contributed by atoms with Crippen LogP contribution < -0.4 is 5.73 Å². The van der Waals surface area contributed by atoms with Gasteiger partial charge in [0.1, 0.15) is 11.2 Å². The predicted molar refractivity (Wildman–Crippen MR) is 72.4 cm³/mol. The fraction of sp³-hybridized carbons (Fsp3) is 0.500. The molecular weight excluding hydrogens is 290 g/mol. The summed E-state index contributed by atoms with van der Waals surface area (Å²) < 4.78 is 0.463. The zero-order chi connectivity index (χ0) is 14.3. The number of nitrogens with zero attached hydrogens (tertiary/aromatic N) is 1. The summed E-state index contributed by atoms with van der Waals surface area (Å²) in [5.74, 6) is -2.16. The summed E-state index contributed by atoms with van der Waals surface area (Å²) in [6, 6.07) is 0. The van der Waals surface area contributed by atoms with Gasteiger partial charge in [0.25, 0.3) is 0 Å². The molecule has 0 aromatic carbocycles. The van der Waals surface area contributed by atoms with E-state index in [-0.39, 0.29) is 34.7 Å². The molecule has 1 fully saturated rings. The number of hydrogen-bond donors (Lipinski definition) is 4. The Morgan fingerprint density at radius 2 is 2.32 bits per heavy atom. The molecular formula is C10H13N3O4S2. The van der Waals surface area contributed by atoms with E-state index in [9.17, 15) is 14.7 Å². The molecule has 9 heteroatoms. The van der Waals surface area contributed by atoms with Crippen molar-refractivity contribution in [2.75, 3.05) is 6.61 Å². The molecule has 1 saturated heterocycles. The lowest BCUT2D eigenvalue weighted by Crippen LogP contribution is -2.58. The fourth-order valence-corrected chi connectivity index (χ4v) is 4.72. The van der Waals surface area contributed by atoms with Gasteiger partial charge in [-0.2, -0.15) is 0 Å². The molecule has 7 nitrogen and oxygen atoms in total. The van der Waals surface area contributed by atoms with Crippen LogP contribution in [0.5, 0.6) is 0 Å². The lowest BCUT2D eigenvalue weighted by atomic mass is 9.99. The van der Waals surface area contributed by atoms with E-state index in [1.54, 1.807) is 6.92 Å². The standard InChI is InChI=1S/C10H13N3O4S2/c1-3(6(11)12)18-10-5(9(16)17)13-7(15)4(2-14)8(13)19-10/h3-4,8,14H,2H2,1H3,(H3,11,12)(H,16,17)/t3?,4-,8-/m0/s1. The Morgan fingerprint density at radius 1 is 1.68 bits per heavy atom. The van der Waals surface area contributed by atoms with Crippen LogP contribution in [-0.2, 0) is 9.59 Å². The first-order chi connectivity index (χ1) is 8.88. The molecule has 104 valence electrons. The first-order valence-electron chi connectivity index (χ1n) is 5.47. The number of carbonyl (C=O) groups excluding carboxylic acids is 1. The molecule has 1 unspecified atom stereocenters. The van der Waals surface area contributed by atoms with Crippen LogP contribution in [0.4, 0.5) is 0 Å². The largest absolute Gasteiger partial charge is 0.477 e. The number of carboxylic acids is 1. The van der Waals surface area contributed by atoms with Gasteiger partial charge >= 0.3 is 5.97 Å². The van der Waals surface area contributed by atoms with Crippen molar-refractivity contribution in [3.63, 3.8) is 0 Å². The van der Waals surface area contributed by atoms with Crippen molar-refractivity contribution in [1.29, 1.82) is 5.41 Å². The van der Waals surface area contributed by atoms with Gasteiger partial charge in [-0.15, -0.1) is 11.8 Å². The highest BCUT2D eigenvalue weighted by Crippen LogP contribution is 2.53. The molecule has 0 spiro atoms. The van der Waals surface area contributed by atoms with Crippen LogP contribution in [0.2, 0.25) is 0 Å². The number of aliphatic hydroxyl groups excluding tert-OH is 1. The highest BCUT2D eigenvalue weighted by molar-refractivity contribution is 8.23. The maximum Gasteiger partial charge on any atom is 0.354 e. The Hall–Kier alpha value is -1.19. The summed E-state index contributed by atoms with van der Waals surface area (Å²) in [6.07, 6.45) is 0. The highest BCUT2D eigenvalue weighted by atomic mass is 32.2. The Kier molecular flexibility index (Phi) is 3.79. The number of amides is 1. The van der Waals surface area contributed by atoms with E-state index in [1.807, 2.05) is 0 Å². The monoisotopic (exact) mass is 303 g/mol. The van der Waals surface area contributed by atoms with Crippen LogP contribution in [0.15, 0.2) is 9.93 Å². The maximum atomic E-state index is 11.7. The Bertz CT molecular complexity index is 493. The zero-order valence-corrected chi connectivity index (χ0v) is 11.6. The quantitative estimate of drug-likeness (QED) is 0.315. The van der Waals surface area contributed by atoms with E-state index in [2.05, 4.69) is 0 Å². The zero-order valence-electron chi connectivity index (χ0n) is 9.99. The van der Waals surface area contributed by atoms with E-state index in [0.29, 0.717) is 4.24 Å². The minimum absolute atomic E-state index is 0.0536. The van der Waals surface area contributed by atoms with Gasteiger partial charge in [0, 0.05) is 0 Å². The summed E-state index contributed by atoms with van der Waals surface area (Å²) in [6.45, 7) is 1.40. The van der Waals surface area contributed by atoms with E-state index in [1.165, 1.54) is 16.7 Å². The second kappa shape index (κ2) is 5.06. The number of aliphatic carboxylic acids is 1. The number of amidine groups is 1. The number of β-lactam (4-membered cyclic amide) rings is 1. The van der Waals surface area contributed by atoms with Crippen molar-refractivity contribution in [2.24, 2.45) is 11.7 Å². The molecule has 1 amide bonds. The molecule has 2 aliphatic rings. The van der Waals surface area contributed by atoms with Crippen LogP contribution in [-0.4, -0.2) is 50.1 Å². The van der Waals surface area contributed by atoms with Crippen molar-refractivity contribution < 1.29 is 19.8 Å². The molecule has 0 bridgehead atoms. The first-order valence-corrected chi connectivity index (χ1v) is 7.23. The topological polar surface area (TPSA) is 128 Å². The number of fused-ring (bicyclic) bond motifs is 1. The maximum absolute atomic E-state index is 11.7. The predicted octanol–water partition coefficient (Wildman–Crippen LogP) is -0.179. The molecule has 0 saturated carbocycles. The molecule has 5 N–H and O–H groups in total. The summed E-state index contributed by atoms with van der Waals surface area (Å²) >= 11 is 2.38. The Balaban J connectivity index is 2.25. The van der Waals surface area contributed by atoms with Gasteiger partial charge in [-0.3, -0.25) is 15.1 Å². The minimum Gasteiger partial charge on any atom is -0.477 e. The number of rotatable bonds is 5. The van der Waals surface area contributed by atoms with E-state index >= 15 is 0 Å². The summed E-state index contributed by atoms with van der Waals surface area (Å²) in [5, 5.41) is 24.9. The molecule has 19 heavy (non-hydrogen) atoms. The van der Waals surface area contributed by atoms with Crippen LogP contribution in [0.3, 0.4) is 0 Å². The van der Waals surface area contributed by atoms with Crippen LogP contribution >= 0.6 is 23.5 Å². The normalized spacial score (nSPS) is 27.1. The third kappa shape index (κ3) is 2.21. The van der Waals surface area contributed by atoms with Gasteiger partial charge in [0.05, 0.1) is 22.0 Å². The number of nitrogens with one attached hydrogen (secondary N) is 1. The van der Waals surface area contributed by atoms with Crippen molar-refractivity contribution in [1.82, 2.24) is 4.90 Å². The van der Waals surface area contributed by atoms with Gasteiger partial charge in [-0.05, 0) is 6.92 Å². The van der Waals surface area contributed by atoms with Crippen molar-refractivity contribution >= 4 is 41.2 Å². The average Bonchev–Trinajstić information content (AvgIpc) is 2.65. The molecule has 0 aromatic heterocycles. The van der Waals surface area contributed by atoms with Crippen LogP contribution in [0.1, 0.15) is 6.92 Å². The van der Waals surface area contributed by atoms with Gasteiger partial charge in [-0.25, -0.2) is 4.79 Å². The lowest BCUT2D eigenvalue weighted by molar-refractivity contribution is -0.153. The number of carboxylic acid groups (broad SMARTS) is 1. The second-order valence-electron chi connectivity index (χ2n) is 4.16. The van der Waals surface area contributed by atoms with E-state index in [4.69, 9.17) is 16.2 Å². The Labute approximate surface area is 117 Å². The molecule has 2 aliphatic heterocycles. The SMILES string of the molecule is CC(SC1=C(C(=O)O)N2C(=O)[C@H](CO)[C@@H]2S1)C(=N)N. The van der Waals surface area contributed by atoms with Crippen molar-refractivity contribution in [2.45, 2.75) is 17.5 Å². The van der Waals surface area contributed by atoms with Crippen molar-refractivity contribution in [3.05, 3.63) is 9.93 Å². The fourth-order valence-electron chi connectivity index (χ4n) is 1.83. The lowest BCUT2D eigenvalue weighted by Gasteiger charge is -2.41. The minimum atomic E-state index is -1.18. The summed E-state index contributed by atoms with van der Waals surface area (Å²) in [5.41, 5.74) is 5.30. The van der Waals surface area contributed by atoms with Gasteiger partial charge in [0.2, 0.25) is 5.91 Å². The number of thioether (sulfide) groups is 2. The summed E-state index contributed by atoms with van der Waals surface area (Å²) in [4.78, 5) is 24.2. The van der Waals surface area contributed by atoms with Gasteiger partial charge in [-0.1, -0.05) is 11.8 Å². The summed E-state index contributed by atoms with van der Waals surface area (Å²) in [7, 11) is 0. The van der Waals surface area contributed by atoms with Gasteiger partial charge in [0.15, 0.2) is 5.70 Å². The Morgan fingerprint density at radius 3 is 2.79 bits per heavy atom. The average molecular weight is 303 g/mol. The molecule has 2 heterocycles. The van der Waals surface area contributed by atoms with Crippen LogP contribution in [0.25, 0.3) is 0 Å². The first kappa shape index (κ1) is 14.2. The smallest absolute Gasteiger partial charge is 0.354 e. The van der Waals surface area contributed by atoms with Crippen LogP contribution in [0, 0.1) is 11.3 Å². The second-order valence-corrected chi connectivity index (χ2v) is 6.90. The highest BCUT2D eigenvalue weighted by Gasteiger charge is 2.56. The number of carbonyl (C=O) groups is 2. The molecule has 0 aromatic rings. The molecule has 0 radical (unpaired) electrons. The molecule has 0 aliphatic carbocycles. The number of hydrogen-bond acceptors (Lipinski definition) is 6. The van der Waals surface area contributed by atoms with Crippen molar-refractivity contribution in [3.8, 4) is 0 Å². The third-order valence-corrected chi connectivity index (χ3v) is 5.72. The van der Waals surface area contributed by atoms with E-state index in [0.717, 1.165) is 11.8 Å². The number of nitrogens with two attached hydrogens (primary N) is 1. The number of aliphatic hydroxyl groups is 1.